The third-order valence-corrected chi connectivity index (χ3v) is 2.90. The summed E-state index contributed by atoms with van der Waals surface area (Å²) in [5, 5.41) is 0. The molecule has 0 aliphatic heterocycles. The van der Waals surface area contributed by atoms with Crippen molar-refractivity contribution in [2.24, 2.45) is 0 Å². The van der Waals surface area contributed by atoms with E-state index in [1.54, 1.807) is 25.1 Å². The first-order chi connectivity index (χ1) is 10.5. The van der Waals surface area contributed by atoms with Crippen LogP contribution in [0.5, 0.6) is 11.5 Å². The first kappa shape index (κ1) is 17.6. The van der Waals surface area contributed by atoms with Gasteiger partial charge in [-0.15, -0.1) is 0 Å². The van der Waals surface area contributed by atoms with Gasteiger partial charge in [0.15, 0.2) is 0 Å². The van der Waals surface area contributed by atoms with Crippen LogP contribution in [0.4, 0.5) is 10.5 Å². The number of carbonyl (C=O) groups is 2. The molecular weight excluding hydrogens is 290 g/mol. The van der Waals surface area contributed by atoms with Gasteiger partial charge >= 0.3 is 12.1 Å². The minimum atomic E-state index is -0.554. The fraction of sp³-hybridized carbons (Fsp3) is 0.467. The van der Waals surface area contributed by atoms with E-state index in [-0.39, 0.29) is 19.6 Å². The molecule has 0 aromatic heterocycles. The van der Waals surface area contributed by atoms with Crippen molar-refractivity contribution in [3.8, 4) is 11.5 Å². The van der Waals surface area contributed by atoms with Crippen molar-refractivity contribution in [3.63, 3.8) is 0 Å². The summed E-state index contributed by atoms with van der Waals surface area (Å²) in [5.74, 6) is 0.646. The Morgan fingerprint density at radius 2 is 1.64 bits per heavy atom. The summed E-state index contributed by atoms with van der Waals surface area (Å²) < 4.78 is 20.0. The second kappa shape index (κ2) is 8.76. The van der Waals surface area contributed by atoms with Crippen LogP contribution >= 0.6 is 0 Å². The van der Waals surface area contributed by atoms with E-state index in [0.29, 0.717) is 17.2 Å². The molecule has 0 unspecified atom stereocenters. The molecule has 0 aliphatic carbocycles. The summed E-state index contributed by atoms with van der Waals surface area (Å²) in [6, 6.07) is 5.01. The molecular formula is C15H21NO6. The fourth-order valence-corrected chi connectivity index (χ4v) is 1.78. The van der Waals surface area contributed by atoms with Crippen molar-refractivity contribution >= 4 is 17.7 Å². The van der Waals surface area contributed by atoms with E-state index in [2.05, 4.69) is 4.74 Å². The van der Waals surface area contributed by atoms with E-state index in [4.69, 9.17) is 14.2 Å². The summed E-state index contributed by atoms with van der Waals surface area (Å²) in [6.07, 6.45) is -0.504. The number of rotatable bonds is 7. The largest absolute Gasteiger partial charge is 0.497 e. The monoisotopic (exact) mass is 311 g/mol. The first-order valence-corrected chi connectivity index (χ1v) is 6.79. The number of ether oxygens (including phenoxy) is 4. The van der Waals surface area contributed by atoms with E-state index < -0.39 is 12.1 Å². The summed E-state index contributed by atoms with van der Waals surface area (Å²) in [4.78, 5) is 24.8. The highest BCUT2D eigenvalue weighted by Crippen LogP contribution is 2.29. The zero-order chi connectivity index (χ0) is 16.5. The summed E-state index contributed by atoms with van der Waals surface area (Å²) >= 11 is 0. The van der Waals surface area contributed by atoms with Gasteiger partial charge in [0.05, 0.1) is 40.0 Å². The maximum atomic E-state index is 12.1. The van der Waals surface area contributed by atoms with Gasteiger partial charge in [-0.3, -0.25) is 9.69 Å². The van der Waals surface area contributed by atoms with Gasteiger partial charge in [0, 0.05) is 24.7 Å². The third kappa shape index (κ3) is 4.83. The van der Waals surface area contributed by atoms with Crippen LogP contribution in [0.3, 0.4) is 0 Å². The van der Waals surface area contributed by atoms with Crippen LogP contribution in [0.15, 0.2) is 18.2 Å². The van der Waals surface area contributed by atoms with Gasteiger partial charge in [-0.2, -0.15) is 0 Å². The lowest BCUT2D eigenvalue weighted by molar-refractivity contribution is -0.140. The Hall–Kier alpha value is -2.44. The lowest BCUT2D eigenvalue weighted by Crippen LogP contribution is -2.33. The molecule has 0 heterocycles. The fourth-order valence-electron chi connectivity index (χ4n) is 1.78. The first-order valence-electron chi connectivity index (χ1n) is 6.79. The second-order valence-corrected chi connectivity index (χ2v) is 4.25. The average Bonchev–Trinajstić information content (AvgIpc) is 2.54. The van der Waals surface area contributed by atoms with Crippen LogP contribution in [0.1, 0.15) is 13.3 Å². The molecule has 0 radical (unpaired) electrons. The van der Waals surface area contributed by atoms with Crippen molar-refractivity contribution in [1.29, 1.82) is 0 Å². The quantitative estimate of drug-likeness (QED) is 0.719. The highest BCUT2D eigenvalue weighted by molar-refractivity contribution is 5.89. The van der Waals surface area contributed by atoms with Gasteiger partial charge in [-0.25, -0.2) is 4.79 Å². The Kier molecular flexibility index (Phi) is 7.01. The molecule has 0 N–H and O–H groups in total. The SMILES string of the molecule is CCOC(=O)N(CCC(=O)OC)c1cc(OC)cc(OC)c1. The number of amides is 1. The van der Waals surface area contributed by atoms with Gasteiger partial charge in [-0.05, 0) is 6.92 Å². The predicted molar refractivity (Wildman–Crippen MR) is 80.5 cm³/mol. The van der Waals surface area contributed by atoms with E-state index in [0.717, 1.165) is 0 Å². The lowest BCUT2D eigenvalue weighted by Gasteiger charge is -2.22. The van der Waals surface area contributed by atoms with Crippen molar-refractivity contribution < 1.29 is 28.5 Å². The van der Waals surface area contributed by atoms with Crippen LogP contribution < -0.4 is 14.4 Å². The Morgan fingerprint density at radius 3 is 2.09 bits per heavy atom. The number of esters is 1. The smallest absolute Gasteiger partial charge is 0.414 e. The van der Waals surface area contributed by atoms with E-state index in [9.17, 15) is 9.59 Å². The lowest BCUT2D eigenvalue weighted by atomic mass is 10.2. The molecule has 0 saturated carbocycles. The van der Waals surface area contributed by atoms with Crippen LogP contribution in [-0.2, 0) is 14.3 Å². The Bertz CT molecular complexity index is 495. The van der Waals surface area contributed by atoms with Crippen LogP contribution in [0.2, 0.25) is 0 Å². The van der Waals surface area contributed by atoms with Gasteiger partial charge in [0.1, 0.15) is 11.5 Å². The molecule has 0 atom stereocenters. The normalized spacial score (nSPS) is 9.82. The summed E-state index contributed by atoms with van der Waals surface area (Å²) in [7, 11) is 4.33. The Morgan fingerprint density at radius 1 is 1.05 bits per heavy atom. The minimum absolute atomic E-state index is 0.0504. The minimum Gasteiger partial charge on any atom is -0.497 e. The molecule has 0 spiro atoms. The van der Waals surface area contributed by atoms with Crippen LogP contribution in [-0.4, -0.2) is 46.5 Å². The number of carbonyl (C=O) groups excluding carboxylic acids is 2. The second-order valence-electron chi connectivity index (χ2n) is 4.25. The van der Waals surface area contributed by atoms with Crippen molar-refractivity contribution in [2.45, 2.75) is 13.3 Å². The molecule has 1 aromatic rings. The third-order valence-electron chi connectivity index (χ3n) is 2.90. The maximum Gasteiger partial charge on any atom is 0.414 e. The molecule has 0 aliphatic rings. The number of benzene rings is 1. The number of anilines is 1. The molecule has 1 aromatic carbocycles. The van der Waals surface area contributed by atoms with E-state index >= 15 is 0 Å². The zero-order valence-electron chi connectivity index (χ0n) is 13.3. The van der Waals surface area contributed by atoms with E-state index in [1.807, 2.05) is 0 Å². The molecule has 122 valence electrons. The van der Waals surface area contributed by atoms with Crippen LogP contribution in [0, 0.1) is 0 Å². The number of methoxy groups -OCH3 is 3. The highest BCUT2D eigenvalue weighted by atomic mass is 16.6. The Labute approximate surface area is 129 Å². The van der Waals surface area contributed by atoms with E-state index in [1.165, 1.54) is 26.2 Å². The van der Waals surface area contributed by atoms with Crippen molar-refractivity contribution in [2.75, 3.05) is 39.4 Å². The standard InChI is InChI=1S/C15H21NO6/c1-5-22-15(18)16(7-6-14(17)21-4)11-8-12(19-2)10-13(9-11)20-3/h8-10H,5-7H2,1-4H3. The van der Waals surface area contributed by atoms with Gasteiger partial charge < -0.3 is 18.9 Å². The van der Waals surface area contributed by atoms with Gasteiger partial charge in [-0.1, -0.05) is 0 Å². The zero-order valence-corrected chi connectivity index (χ0v) is 13.3. The van der Waals surface area contributed by atoms with Crippen molar-refractivity contribution in [3.05, 3.63) is 18.2 Å². The Balaban J connectivity index is 3.08. The highest BCUT2D eigenvalue weighted by Gasteiger charge is 2.20. The summed E-state index contributed by atoms with van der Waals surface area (Å²) in [6.45, 7) is 2.07. The van der Waals surface area contributed by atoms with Crippen molar-refractivity contribution in [1.82, 2.24) is 0 Å². The summed E-state index contributed by atoms with van der Waals surface area (Å²) in [5.41, 5.74) is 0.513. The van der Waals surface area contributed by atoms with Gasteiger partial charge in [0.25, 0.3) is 0 Å². The van der Waals surface area contributed by atoms with Crippen LogP contribution in [0.25, 0.3) is 0 Å². The molecule has 1 amide bonds. The number of nitrogens with zero attached hydrogens (tertiary/aromatic N) is 1. The predicted octanol–water partition coefficient (Wildman–Crippen LogP) is 2.23. The molecule has 0 saturated heterocycles. The molecule has 22 heavy (non-hydrogen) atoms. The number of hydrogen-bond acceptors (Lipinski definition) is 6. The average molecular weight is 311 g/mol. The molecule has 0 fully saturated rings. The maximum absolute atomic E-state index is 12.1. The molecule has 0 bridgehead atoms. The molecule has 7 heteroatoms. The number of hydrogen-bond donors (Lipinski definition) is 0. The topological polar surface area (TPSA) is 74.3 Å². The molecule has 1 rings (SSSR count). The van der Waals surface area contributed by atoms with Gasteiger partial charge in [0.2, 0.25) is 0 Å². The molecule has 7 nitrogen and oxygen atoms in total.